The molecule has 29 heavy (non-hydrogen) atoms. The molecule has 2 heterocycles. The van der Waals surface area contributed by atoms with E-state index in [-0.39, 0.29) is 11.8 Å². The normalized spacial score (nSPS) is 15.4. The molecule has 6 nitrogen and oxygen atoms in total. The lowest BCUT2D eigenvalue weighted by Crippen LogP contribution is -2.21. The first kappa shape index (κ1) is 19.0. The van der Waals surface area contributed by atoms with Crippen molar-refractivity contribution < 1.29 is 9.47 Å². The molecule has 1 aromatic heterocycles. The van der Waals surface area contributed by atoms with Crippen molar-refractivity contribution in [2.75, 3.05) is 7.11 Å². The van der Waals surface area contributed by atoms with E-state index in [0.29, 0.717) is 23.0 Å². The molecular formula is C22H20N4O2S. The summed E-state index contributed by atoms with van der Waals surface area (Å²) in [4.78, 5) is 1.16. The zero-order valence-electron chi connectivity index (χ0n) is 16.1. The van der Waals surface area contributed by atoms with Gasteiger partial charge in [0.1, 0.15) is 17.4 Å². The van der Waals surface area contributed by atoms with Crippen LogP contribution in [-0.4, -0.2) is 17.3 Å². The van der Waals surface area contributed by atoms with Crippen LogP contribution in [0.15, 0.2) is 64.9 Å². The SMILES string of the molecule is COc1cccc([C@@H]2C(C#N)=C(N)Oc3n[nH]c(CSc4ccc(C)cc4)c32)c1. The van der Waals surface area contributed by atoms with Gasteiger partial charge in [0.25, 0.3) is 0 Å². The van der Waals surface area contributed by atoms with Gasteiger partial charge in [0.2, 0.25) is 11.8 Å². The molecule has 0 radical (unpaired) electrons. The van der Waals surface area contributed by atoms with Crippen molar-refractivity contribution in [3.8, 4) is 17.7 Å². The van der Waals surface area contributed by atoms with Gasteiger partial charge in [-0.3, -0.25) is 5.10 Å². The number of allylic oxidation sites excluding steroid dienone is 1. The van der Waals surface area contributed by atoms with Crippen molar-refractivity contribution in [2.45, 2.75) is 23.5 Å². The van der Waals surface area contributed by atoms with Gasteiger partial charge >= 0.3 is 0 Å². The first-order valence-electron chi connectivity index (χ1n) is 9.09. The van der Waals surface area contributed by atoms with E-state index in [1.807, 2.05) is 24.3 Å². The molecule has 0 aliphatic carbocycles. The molecule has 7 heteroatoms. The quantitative estimate of drug-likeness (QED) is 0.618. The molecule has 0 bridgehead atoms. The summed E-state index contributed by atoms with van der Waals surface area (Å²) in [5, 5.41) is 17.2. The highest BCUT2D eigenvalue weighted by molar-refractivity contribution is 7.98. The zero-order chi connectivity index (χ0) is 20.4. The molecule has 0 fully saturated rings. The molecule has 0 saturated heterocycles. The molecule has 1 atom stereocenters. The van der Waals surface area contributed by atoms with E-state index in [4.69, 9.17) is 15.2 Å². The van der Waals surface area contributed by atoms with E-state index in [1.54, 1.807) is 18.9 Å². The smallest absolute Gasteiger partial charge is 0.244 e. The number of nitrogens with one attached hydrogen (secondary N) is 1. The van der Waals surface area contributed by atoms with Crippen molar-refractivity contribution in [1.82, 2.24) is 10.2 Å². The Hall–Kier alpha value is -3.37. The largest absolute Gasteiger partial charge is 0.497 e. The number of fused-ring (bicyclic) bond motifs is 1. The van der Waals surface area contributed by atoms with Crippen LogP contribution in [-0.2, 0) is 5.75 Å². The lowest BCUT2D eigenvalue weighted by molar-refractivity contribution is 0.378. The maximum atomic E-state index is 9.77. The number of ether oxygens (including phenoxy) is 2. The van der Waals surface area contributed by atoms with Gasteiger partial charge in [-0.05, 0) is 36.8 Å². The first-order valence-corrected chi connectivity index (χ1v) is 10.1. The number of aromatic amines is 1. The minimum Gasteiger partial charge on any atom is -0.497 e. The fraction of sp³-hybridized carbons (Fsp3) is 0.182. The Bertz CT molecular complexity index is 1110. The second kappa shape index (κ2) is 7.94. The minimum atomic E-state index is -0.369. The van der Waals surface area contributed by atoms with Crippen LogP contribution in [0, 0.1) is 18.3 Å². The van der Waals surface area contributed by atoms with Crippen LogP contribution in [0.5, 0.6) is 11.6 Å². The van der Waals surface area contributed by atoms with Gasteiger partial charge in [-0.25, -0.2) is 0 Å². The van der Waals surface area contributed by atoms with Crippen molar-refractivity contribution in [3.05, 3.63) is 82.4 Å². The maximum absolute atomic E-state index is 9.77. The predicted octanol–water partition coefficient (Wildman–Crippen LogP) is 4.24. The molecule has 0 saturated carbocycles. The fourth-order valence-electron chi connectivity index (χ4n) is 3.36. The second-order valence-corrected chi connectivity index (χ2v) is 7.77. The van der Waals surface area contributed by atoms with Crippen LogP contribution in [0.25, 0.3) is 0 Å². The van der Waals surface area contributed by atoms with E-state index in [0.717, 1.165) is 21.7 Å². The monoisotopic (exact) mass is 404 g/mol. The summed E-state index contributed by atoms with van der Waals surface area (Å²) in [5.74, 6) is 1.50. The lowest BCUT2D eigenvalue weighted by Gasteiger charge is -2.24. The van der Waals surface area contributed by atoms with Crippen LogP contribution >= 0.6 is 11.8 Å². The van der Waals surface area contributed by atoms with E-state index in [9.17, 15) is 5.26 Å². The third kappa shape index (κ3) is 3.67. The van der Waals surface area contributed by atoms with Gasteiger partial charge in [-0.15, -0.1) is 16.9 Å². The van der Waals surface area contributed by atoms with Crippen LogP contribution in [0.1, 0.15) is 28.3 Å². The first-order chi connectivity index (χ1) is 14.1. The molecule has 3 N–H and O–H groups in total. The van der Waals surface area contributed by atoms with Crippen molar-refractivity contribution in [2.24, 2.45) is 5.73 Å². The molecule has 0 amide bonds. The average molecular weight is 404 g/mol. The Labute approximate surface area is 173 Å². The summed E-state index contributed by atoms with van der Waals surface area (Å²) < 4.78 is 11.0. The number of aryl methyl sites for hydroxylation is 1. The van der Waals surface area contributed by atoms with Gasteiger partial charge in [0, 0.05) is 10.6 Å². The van der Waals surface area contributed by atoms with E-state index in [2.05, 4.69) is 47.5 Å². The Balaban J connectivity index is 1.73. The number of benzene rings is 2. The topological polar surface area (TPSA) is 96.9 Å². The molecule has 0 spiro atoms. The number of methoxy groups -OCH3 is 1. The number of H-pyrrole nitrogens is 1. The predicted molar refractivity (Wildman–Crippen MR) is 112 cm³/mol. The molecule has 4 rings (SSSR count). The number of nitrogens with zero attached hydrogens (tertiary/aromatic N) is 2. The van der Waals surface area contributed by atoms with Gasteiger partial charge in [0.15, 0.2) is 0 Å². The summed E-state index contributed by atoms with van der Waals surface area (Å²) >= 11 is 1.69. The van der Waals surface area contributed by atoms with Crippen molar-refractivity contribution in [1.29, 1.82) is 5.26 Å². The van der Waals surface area contributed by atoms with E-state index < -0.39 is 0 Å². The summed E-state index contributed by atoms with van der Waals surface area (Å²) in [7, 11) is 1.62. The zero-order valence-corrected chi connectivity index (χ0v) is 16.9. The standard InChI is InChI=1S/C22H20N4O2S/c1-13-6-8-16(9-7-13)29-12-18-20-19(14-4-3-5-15(10-14)27-2)17(11-23)21(24)28-22(20)26-25-18/h3-10,19H,12,24H2,1-2H3,(H,25,26)/t19-/m1/s1. The third-order valence-corrected chi connectivity index (χ3v) is 5.89. The van der Waals surface area contributed by atoms with E-state index >= 15 is 0 Å². The highest BCUT2D eigenvalue weighted by Crippen LogP contribution is 2.44. The molecular weight excluding hydrogens is 384 g/mol. The second-order valence-electron chi connectivity index (χ2n) is 6.72. The minimum absolute atomic E-state index is 0.0806. The number of aromatic nitrogens is 2. The van der Waals surface area contributed by atoms with Gasteiger partial charge in [0.05, 0.1) is 24.3 Å². The Morgan fingerprint density at radius 1 is 1.28 bits per heavy atom. The lowest BCUT2D eigenvalue weighted by atomic mass is 9.84. The van der Waals surface area contributed by atoms with E-state index in [1.165, 1.54) is 5.56 Å². The maximum Gasteiger partial charge on any atom is 0.244 e. The summed E-state index contributed by atoms with van der Waals surface area (Å²) in [6.45, 7) is 2.07. The number of thioether (sulfide) groups is 1. The number of nitrogens with two attached hydrogens (primary N) is 1. The van der Waals surface area contributed by atoms with Crippen LogP contribution in [0.3, 0.4) is 0 Å². The third-order valence-electron chi connectivity index (χ3n) is 4.85. The number of nitriles is 1. The molecule has 1 aliphatic heterocycles. The van der Waals surface area contributed by atoms with Gasteiger partial charge < -0.3 is 15.2 Å². The molecule has 1 aliphatic rings. The van der Waals surface area contributed by atoms with Crippen LogP contribution in [0.2, 0.25) is 0 Å². The van der Waals surface area contributed by atoms with Gasteiger partial charge in [-0.2, -0.15) is 5.26 Å². The highest BCUT2D eigenvalue weighted by atomic mass is 32.2. The Morgan fingerprint density at radius 2 is 2.07 bits per heavy atom. The summed E-state index contributed by atoms with van der Waals surface area (Å²) in [6, 6.07) is 18.2. The molecule has 2 aromatic carbocycles. The number of rotatable bonds is 5. The summed E-state index contributed by atoms with van der Waals surface area (Å²) in [5.41, 5.74) is 10.3. The number of hydrogen-bond donors (Lipinski definition) is 2. The Morgan fingerprint density at radius 3 is 2.79 bits per heavy atom. The molecule has 0 unspecified atom stereocenters. The van der Waals surface area contributed by atoms with Gasteiger partial charge in [-0.1, -0.05) is 29.8 Å². The van der Waals surface area contributed by atoms with Crippen molar-refractivity contribution in [3.63, 3.8) is 0 Å². The molecule has 3 aromatic rings. The average Bonchev–Trinajstić information content (AvgIpc) is 3.14. The van der Waals surface area contributed by atoms with Crippen molar-refractivity contribution >= 4 is 11.8 Å². The number of hydrogen-bond acceptors (Lipinski definition) is 6. The van der Waals surface area contributed by atoms with Crippen LogP contribution in [0.4, 0.5) is 0 Å². The Kier molecular flexibility index (Phi) is 5.19. The molecule has 146 valence electrons. The van der Waals surface area contributed by atoms with Crippen LogP contribution < -0.4 is 15.2 Å². The highest BCUT2D eigenvalue weighted by Gasteiger charge is 2.35. The fourth-order valence-corrected chi connectivity index (χ4v) is 4.22. The summed E-state index contributed by atoms with van der Waals surface area (Å²) in [6.07, 6.45) is 0.